The van der Waals surface area contributed by atoms with Crippen LogP contribution in [0.15, 0.2) is 24.3 Å². The molecule has 0 aliphatic heterocycles. The van der Waals surface area contributed by atoms with E-state index in [1.165, 1.54) is 0 Å². The van der Waals surface area contributed by atoms with Crippen LogP contribution in [0, 0.1) is 10.8 Å². The molecule has 0 radical (unpaired) electrons. The molecule has 48 heavy (non-hydrogen) atoms. The molecule has 0 aliphatic rings. The van der Waals surface area contributed by atoms with Gasteiger partial charge in [-0.05, 0) is 87.8 Å². The predicted octanol–water partition coefficient (Wildman–Crippen LogP) is 5.38. The number of esters is 2. The number of amides is 1. The first-order valence-corrected chi connectivity index (χ1v) is 20.8. The predicted molar refractivity (Wildman–Crippen MR) is 195 cm³/mol. The summed E-state index contributed by atoms with van der Waals surface area (Å²) in [5.74, 6) is -0.697. The zero-order chi connectivity index (χ0) is 37.0. The number of rotatable bonds is 22. The van der Waals surface area contributed by atoms with Gasteiger partial charge in [-0.1, -0.05) is 32.9 Å². The van der Waals surface area contributed by atoms with Crippen molar-refractivity contribution in [1.29, 1.82) is 0 Å². The van der Waals surface area contributed by atoms with E-state index in [4.69, 9.17) is 18.5 Å². The molecule has 0 heterocycles. The normalized spacial score (nSPS) is 16.8. The fourth-order valence-corrected chi connectivity index (χ4v) is 8.30. The smallest absolute Gasteiger partial charge is 0.316 e. The van der Waals surface area contributed by atoms with E-state index in [-0.39, 0.29) is 42.5 Å². The number of hydrogen-bond acceptors (Lipinski definition) is 9. The van der Waals surface area contributed by atoms with Crippen LogP contribution in [-0.2, 0) is 39.2 Å². The first-order chi connectivity index (χ1) is 21.9. The minimum absolute atomic E-state index is 0.0276. The van der Waals surface area contributed by atoms with Gasteiger partial charge in [0, 0.05) is 13.5 Å². The molecule has 11 nitrogen and oxygen atoms in total. The number of benzene rings is 1. The second kappa shape index (κ2) is 18.7. The summed E-state index contributed by atoms with van der Waals surface area (Å²) in [4.78, 5) is 51.3. The van der Waals surface area contributed by atoms with E-state index >= 15 is 0 Å². The lowest BCUT2D eigenvalue weighted by molar-refractivity contribution is -0.870. The van der Waals surface area contributed by atoms with Gasteiger partial charge in [0.15, 0.2) is 0 Å². The number of likely N-dealkylation sites (N-methyl/N-ethyl adjacent to an activating group) is 1. The van der Waals surface area contributed by atoms with Gasteiger partial charge in [-0.3, -0.25) is 18.9 Å². The van der Waals surface area contributed by atoms with Crippen molar-refractivity contribution in [3.8, 4) is 5.75 Å². The van der Waals surface area contributed by atoms with Gasteiger partial charge in [-0.2, -0.15) is 0 Å². The number of aryl methyl sites for hydroxylation is 1. The number of carbonyl (C=O) groups is 3. The van der Waals surface area contributed by atoms with E-state index < -0.39 is 30.6 Å². The summed E-state index contributed by atoms with van der Waals surface area (Å²) >= 11 is 0. The molecule has 14 heteroatoms. The lowest BCUT2D eigenvalue weighted by Gasteiger charge is -2.43. The average Bonchev–Trinajstić information content (AvgIpc) is 2.97. The summed E-state index contributed by atoms with van der Waals surface area (Å²) in [5, 5.41) is 2.45. The first-order valence-electron chi connectivity index (χ1n) is 16.4. The van der Waals surface area contributed by atoms with Crippen molar-refractivity contribution < 1.29 is 46.8 Å². The van der Waals surface area contributed by atoms with Crippen LogP contribution >= 0.6 is 25.0 Å². The zero-order valence-corrected chi connectivity index (χ0v) is 34.1. The van der Waals surface area contributed by atoms with E-state index in [0.29, 0.717) is 53.2 Å². The Labute approximate surface area is 292 Å². The molecule has 0 saturated carbocycles. The van der Waals surface area contributed by atoms with E-state index in [0.717, 1.165) is 12.0 Å². The van der Waals surface area contributed by atoms with Crippen LogP contribution in [0.2, 0.25) is 0 Å². The number of ether oxygens (including phenoxy) is 2. The molecule has 5 atom stereocenters. The topological polar surface area (TPSA) is 140 Å². The maximum Gasteiger partial charge on any atom is 0.316 e. The van der Waals surface area contributed by atoms with Crippen LogP contribution < -0.4 is 14.9 Å². The third-order valence-corrected chi connectivity index (χ3v) is 12.5. The summed E-state index contributed by atoms with van der Waals surface area (Å²) in [6, 6.07) is 7.04. The van der Waals surface area contributed by atoms with Crippen LogP contribution in [0.1, 0.15) is 72.8 Å². The molecule has 1 N–H and O–H groups in total. The molecule has 0 fully saturated rings. The standard InChI is InChI=1S/C34H61N2O9P3/c1-31(2,29(38)45-27-16-13-26(14-17-27)15-18-28(37)35-7)23-33(5,25-34(6,47-12)24-32(3,4)46-11)30(39)42-21-22-44-48(40,41)43-20-19-36(8,9)10/h13-14,16-17,46-47H,15,18-25H2,1-12H3,(H-,35,37,40,41). The van der Waals surface area contributed by atoms with E-state index in [9.17, 15) is 23.8 Å². The first kappa shape index (κ1) is 44.6. The molecule has 0 bridgehead atoms. The molecule has 1 aromatic rings. The van der Waals surface area contributed by atoms with Gasteiger partial charge in [-0.25, -0.2) is 0 Å². The number of quaternary nitrogens is 1. The number of hydrogen-bond donors (Lipinski definition) is 1. The van der Waals surface area contributed by atoms with Crippen LogP contribution in [0.3, 0.4) is 0 Å². The highest BCUT2D eigenvalue weighted by Gasteiger charge is 2.48. The van der Waals surface area contributed by atoms with Crippen molar-refractivity contribution >= 4 is 42.8 Å². The number of phosphoric acid groups is 1. The van der Waals surface area contributed by atoms with Crippen molar-refractivity contribution in [2.45, 2.75) is 84.0 Å². The number of nitrogens with zero attached hydrogens (tertiary/aromatic N) is 1. The second-order valence-corrected chi connectivity index (χ2v) is 20.4. The lowest BCUT2D eigenvalue weighted by Crippen LogP contribution is -2.44. The monoisotopic (exact) mass is 734 g/mol. The summed E-state index contributed by atoms with van der Waals surface area (Å²) in [6.45, 7) is 16.1. The molecule has 1 rings (SSSR count). The van der Waals surface area contributed by atoms with Gasteiger partial charge in [-0.15, -0.1) is 17.2 Å². The molecule has 0 spiro atoms. The molecular formula is C34H61N2O9P3. The van der Waals surface area contributed by atoms with Crippen LogP contribution in [0.5, 0.6) is 5.75 Å². The van der Waals surface area contributed by atoms with Crippen LogP contribution in [-0.4, -0.2) is 101 Å². The molecule has 0 saturated heterocycles. The van der Waals surface area contributed by atoms with Gasteiger partial charge in [0.2, 0.25) is 5.91 Å². The van der Waals surface area contributed by atoms with Crippen LogP contribution in [0.25, 0.3) is 0 Å². The van der Waals surface area contributed by atoms with E-state index in [1.54, 1.807) is 33.0 Å². The Hall–Kier alpha value is -1.44. The highest BCUT2D eigenvalue weighted by Crippen LogP contribution is 2.51. The Bertz CT molecular complexity index is 1250. The molecule has 5 unspecified atom stereocenters. The van der Waals surface area contributed by atoms with E-state index in [2.05, 4.69) is 39.4 Å². The molecule has 276 valence electrons. The number of carbonyl (C=O) groups excluding carboxylic acids is 3. The second-order valence-electron chi connectivity index (χ2n) is 15.4. The Kier molecular flexibility index (Phi) is 17.4. The minimum atomic E-state index is -4.57. The Balaban J connectivity index is 3.12. The van der Waals surface area contributed by atoms with Crippen molar-refractivity contribution in [2.75, 3.05) is 67.9 Å². The van der Waals surface area contributed by atoms with Gasteiger partial charge < -0.3 is 33.2 Å². The minimum Gasteiger partial charge on any atom is -0.756 e. The van der Waals surface area contributed by atoms with Crippen molar-refractivity contribution in [2.24, 2.45) is 10.8 Å². The van der Waals surface area contributed by atoms with E-state index in [1.807, 2.05) is 40.2 Å². The largest absolute Gasteiger partial charge is 0.756 e. The molecule has 1 amide bonds. The fraction of sp³-hybridized carbons (Fsp3) is 0.735. The summed E-state index contributed by atoms with van der Waals surface area (Å²) < 4.78 is 34.1. The fourth-order valence-electron chi connectivity index (χ4n) is 5.69. The molecule has 1 aromatic carbocycles. The third-order valence-electron chi connectivity index (χ3n) is 8.40. The van der Waals surface area contributed by atoms with Crippen LogP contribution in [0.4, 0.5) is 0 Å². The quantitative estimate of drug-likeness (QED) is 0.0547. The maximum absolute atomic E-state index is 13.9. The van der Waals surface area contributed by atoms with Gasteiger partial charge in [0.25, 0.3) is 7.82 Å². The maximum atomic E-state index is 13.9. The van der Waals surface area contributed by atoms with Gasteiger partial charge >= 0.3 is 11.9 Å². The SMILES string of the molecule is CNC(=O)CCc1ccc(OC(=O)C(C)(C)CC(C)(CC(C)(CC(C)(C)PC)PC)C(=O)OCCOP(=O)([O-])OCC[N+](C)(C)C)cc1. The van der Waals surface area contributed by atoms with Crippen molar-refractivity contribution in [1.82, 2.24) is 5.32 Å². The molecular weight excluding hydrogens is 673 g/mol. The summed E-state index contributed by atoms with van der Waals surface area (Å²) in [6.07, 6.45) is 2.42. The average molecular weight is 735 g/mol. The summed E-state index contributed by atoms with van der Waals surface area (Å²) in [7, 11) is 4.02. The Morgan fingerprint density at radius 1 is 0.854 bits per heavy atom. The summed E-state index contributed by atoms with van der Waals surface area (Å²) in [5.41, 5.74) is -1.23. The number of nitrogens with one attached hydrogen (secondary N) is 1. The number of phosphoric ester groups is 1. The highest BCUT2D eigenvalue weighted by molar-refractivity contribution is 7.45. The lowest BCUT2D eigenvalue weighted by atomic mass is 9.68. The zero-order valence-electron chi connectivity index (χ0n) is 31.2. The molecule has 0 aliphatic carbocycles. The third kappa shape index (κ3) is 16.5. The highest BCUT2D eigenvalue weighted by atomic mass is 31.2. The Morgan fingerprint density at radius 3 is 1.96 bits per heavy atom. The van der Waals surface area contributed by atoms with Crippen molar-refractivity contribution in [3.05, 3.63) is 29.8 Å². The van der Waals surface area contributed by atoms with Gasteiger partial charge in [0.1, 0.15) is 25.5 Å². The van der Waals surface area contributed by atoms with Gasteiger partial charge in [0.05, 0.1) is 38.6 Å². The Morgan fingerprint density at radius 2 is 1.44 bits per heavy atom. The molecule has 0 aromatic heterocycles. The van der Waals surface area contributed by atoms with Crippen molar-refractivity contribution in [3.63, 3.8) is 0 Å².